The molecule has 3 saturated heterocycles. The van der Waals surface area contributed by atoms with E-state index in [9.17, 15) is 14.7 Å². The second-order valence-corrected chi connectivity index (χ2v) is 6.02. The minimum Gasteiger partial charge on any atom is -0.465 e. The number of nitriles is 1. The summed E-state index contributed by atoms with van der Waals surface area (Å²) in [5.41, 5.74) is 0. The summed E-state index contributed by atoms with van der Waals surface area (Å²) in [5.74, 6) is -0.0191. The molecule has 0 spiro atoms. The van der Waals surface area contributed by atoms with Crippen LogP contribution < -0.4 is 0 Å². The van der Waals surface area contributed by atoms with Crippen LogP contribution in [0.3, 0.4) is 0 Å². The number of amides is 2. The van der Waals surface area contributed by atoms with Crippen molar-refractivity contribution < 1.29 is 14.7 Å². The average molecular weight is 277 g/mol. The van der Waals surface area contributed by atoms with Crippen LogP contribution in [0, 0.1) is 17.2 Å². The summed E-state index contributed by atoms with van der Waals surface area (Å²) in [7, 11) is 0. The molecule has 1 aliphatic carbocycles. The van der Waals surface area contributed by atoms with E-state index in [1.54, 1.807) is 4.90 Å². The van der Waals surface area contributed by atoms with Gasteiger partial charge in [-0.05, 0) is 44.4 Å². The summed E-state index contributed by atoms with van der Waals surface area (Å²) >= 11 is 0. The highest BCUT2D eigenvalue weighted by Crippen LogP contribution is 2.40. The van der Waals surface area contributed by atoms with Crippen molar-refractivity contribution in [1.29, 1.82) is 5.26 Å². The summed E-state index contributed by atoms with van der Waals surface area (Å²) in [5, 5.41) is 18.6. The maximum Gasteiger partial charge on any atom is 0.408 e. The van der Waals surface area contributed by atoms with Crippen LogP contribution in [0.25, 0.3) is 0 Å². The van der Waals surface area contributed by atoms with E-state index in [1.165, 1.54) is 4.90 Å². The molecule has 108 valence electrons. The van der Waals surface area contributed by atoms with Crippen molar-refractivity contribution in [3.63, 3.8) is 0 Å². The maximum absolute atomic E-state index is 12.7. The van der Waals surface area contributed by atoms with E-state index < -0.39 is 12.1 Å². The van der Waals surface area contributed by atoms with Crippen LogP contribution in [0.15, 0.2) is 0 Å². The first-order chi connectivity index (χ1) is 9.63. The lowest BCUT2D eigenvalue weighted by molar-refractivity contribution is -0.144. The molecule has 0 radical (unpaired) electrons. The molecule has 0 unspecified atom stereocenters. The van der Waals surface area contributed by atoms with Crippen LogP contribution in [0.5, 0.6) is 0 Å². The third-order valence-electron chi connectivity index (χ3n) is 5.04. The third-order valence-corrected chi connectivity index (χ3v) is 5.04. The first-order valence-electron chi connectivity index (χ1n) is 7.35. The van der Waals surface area contributed by atoms with Gasteiger partial charge in [-0.25, -0.2) is 4.79 Å². The molecule has 1 N–H and O–H groups in total. The molecule has 3 aliphatic heterocycles. The summed E-state index contributed by atoms with van der Waals surface area (Å²) in [6, 6.07) is 1.20. The predicted octanol–water partition coefficient (Wildman–Crippen LogP) is 1.42. The highest BCUT2D eigenvalue weighted by molar-refractivity contribution is 5.87. The van der Waals surface area contributed by atoms with Gasteiger partial charge in [-0.3, -0.25) is 9.69 Å². The summed E-state index contributed by atoms with van der Waals surface area (Å²) in [6.07, 6.45) is 4.12. The highest BCUT2D eigenvalue weighted by Gasteiger charge is 2.50. The number of hydrogen-bond donors (Lipinski definition) is 1. The van der Waals surface area contributed by atoms with Crippen LogP contribution in [0.1, 0.15) is 38.5 Å². The van der Waals surface area contributed by atoms with E-state index in [0.29, 0.717) is 13.0 Å². The number of carbonyl (C=O) groups is 2. The van der Waals surface area contributed by atoms with Gasteiger partial charge in [0.15, 0.2) is 0 Å². The molecule has 0 aromatic carbocycles. The number of likely N-dealkylation sites (tertiary alicyclic amines) is 1. The number of piperidine rings is 2. The van der Waals surface area contributed by atoms with E-state index >= 15 is 0 Å². The van der Waals surface area contributed by atoms with Gasteiger partial charge in [0.2, 0.25) is 5.91 Å². The van der Waals surface area contributed by atoms with Crippen molar-refractivity contribution in [2.45, 2.75) is 56.7 Å². The molecule has 4 fully saturated rings. The Morgan fingerprint density at radius 2 is 1.85 bits per heavy atom. The second kappa shape index (κ2) is 4.97. The zero-order valence-electron chi connectivity index (χ0n) is 11.4. The lowest BCUT2D eigenvalue weighted by atomic mass is 9.74. The van der Waals surface area contributed by atoms with Crippen molar-refractivity contribution >= 4 is 12.0 Å². The second-order valence-electron chi connectivity index (χ2n) is 6.02. The Bertz CT molecular complexity index is 465. The topological polar surface area (TPSA) is 84.6 Å². The minimum absolute atomic E-state index is 0.0189. The molecule has 20 heavy (non-hydrogen) atoms. The van der Waals surface area contributed by atoms with Crippen molar-refractivity contribution in [1.82, 2.24) is 9.80 Å². The van der Waals surface area contributed by atoms with E-state index in [4.69, 9.17) is 5.26 Å². The lowest BCUT2D eigenvalue weighted by Gasteiger charge is -2.50. The summed E-state index contributed by atoms with van der Waals surface area (Å²) in [4.78, 5) is 27.2. The van der Waals surface area contributed by atoms with Gasteiger partial charge >= 0.3 is 6.09 Å². The van der Waals surface area contributed by atoms with Gasteiger partial charge in [0.1, 0.15) is 12.1 Å². The molecular weight excluding hydrogens is 258 g/mol. The molecule has 6 nitrogen and oxygen atoms in total. The fourth-order valence-corrected chi connectivity index (χ4v) is 4.08. The quantitative estimate of drug-likeness (QED) is 0.785. The van der Waals surface area contributed by atoms with Gasteiger partial charge in [-0.1, -0.05) is 0 Å². The first-order valence-corrected chi connectivity index (χ1v) is 7.35. The Labute approximate surface area is 117 Å². The highest BCUT2D eigenvalue weighted by atomic mass is 16.4. The van der Waals surface area contributed by atoms with Gasteiger partial charge in [-0.2, -0.15) is 5.26 Å². The number of nitrogens with zero attached hydrogens (tertiary/aromatic N) is 3. The Morgan fingerprint density at radius 1 is 1.15 bits per heavy atom. The fourth-order valence-electron chi connectivity index (χ4n) is 4.08. The summed E-state index contributed by atoms with van der Waals surface area (Å²) in [6.45, 7) is 0.582. The zero-order valence-corrected chi connectivity index (χ0v) is 11.4. The molecule has 2 bridgehead atoms. The van der Waals surface area contributed by atoms with Gasteiger partial charge < -0.3 is 10.0 Å². The van der Waals surface area contributed by atoms with Crippen LogP contribution in [0.4, 0.5) is 4.79 Å². The molecule has 3 heterocycles. The van der Waals surface area contributed by atoms with Gasteiger partial charge in [0, 0.05) is 12.6 Å². The van der Waals surface area contributed by atoms with Crippen LogP contribution in [-0.2, 0) is 4.79 Å². The van der Waals surface area contributed by atoms with Crippen LogP contribution in [0.2, 0.25) is 0 Å². The Morgan fingerprint density at radius 3 is 2.45 bits per heavy atom. The fraction of sp³-hybridized carbons (Fsp3) is 0.786. The predicted molar refractivity (Wildman–Crippen MR) is 69.7 cm³/mol. The number of rotatable bonds is 1. The standard InChI is InChI=1S/C14H19N3O3/c15-8-11-2-1-7-16(11)13(18)12-9-3-5-10(6-4-9)17(12)14(19)20/h9-12H,1-7H2,(H,19,20)/t9?,10?,11-,12-/m0/s1. The Hall–Kier alpha value is -1.77. The van der Waals surface area contributed by atoms with Crippen molar-refractivity contribution in [2.24, 2.45) is 5.92 Å². The van der Waals surface area contributed by atoms with E-state index in [2.05, 4.69) is 6.07 Å². The zero-order chi connectivity index (χ0) is 14.3. The normalized spacial score (nSPS) is 36.0. The van der Waals surface area contributed by atoms with Crippen LogP contribution in [-0.4, -0.2) is 51.6 Å². The lowest BCUT2D eigenvalue weighted by Crippen LogP contribution is -2.63. The van der Waals surface area contributed by atoms with Gasteiger partial charge in [0.25, 0.3) is 0 Å². The molecule has 4 rings (SSSR count). The average Bonchev–Trinajstić information content (AvgIpc) is 2.95. The van der Waals surface area contributed by atoms with E-state index in [1.807, 2.05) is 0 Å². The van der Waals surface area contributed by atoms with E-state index in [0.717, 1.165) is 32.1 Å². The Balaban J connectivity index is 1.85. The molecule has 1 saturated carbocycles. The third kappa shape index (κ3) is 1.92. The Kier molecular flexibility index (Phi) is 3.28. The maximum atomic E-state index is 12.7. The minimum atomic E-state index is -0.995. The number of carboxylic acid groups (broad SMARTS) is 1. The number of hydrogen-bond acceptors (Lipinski definition) is 3. The molecule has 4 aliphatic rings. The molecule has 6 heteroatoms. The molecule has 0 aromatic rings. The number of carbonyl (C=O) groups excluding carboxylic acids is 1. The van der Waals surface area contributed by atoms with Crippen molar-refractivity contribution in [2.75, 3.05) is 6.54 Å². The summed E-state index contributed by atoms with van der Waals surface area (Å²) < 4.78 is 0. The molecular formula is C14H19N3O3. The van der Waals surface area contributed by atoms with Gasteiger partial charge in [0.05, 0.1) is 6.07 Å². The SMILES string of the molecule is N#C[C@@H]1CCCN1C(=O)[C@@H]1C2CCC(CC2)N1C(=O)O. The van der Waals surface area contributed by atoms with Crippen molar-refractivity contribution in [3.05, 3.63) is 0 Å². The smallest absolute Gasteiger partial charge is 0.408 e. The van der Waals surface area contributed by atoms with E-state index in [-0.39, 0.29) is 23.9 Å². The number of fused-ring (bicyclic) bond motifs is 3. The van der Waals surface area contributed by atoms with Crippen molar-refractivity contribution in [3.8, 4) is 6.07 Å². The van der Waals surface area contributed by atoms with Gasteiger partial charge in [-0.15, -0.1) is 0 Å². The van der Waals surface area contributed by atoms with Crippen LogP contribution >= 0.6 is 0 Å². The molecule has 2 amide bonds. The largest absolute Gasteiger partial charge is 0.465 e. The molecule has 0 aromatic heterocycles. The first kappa shape index (κ1) is 13.2. The monoisotopic (exact) mass is 277 g/mol. The molecule has 2 atom stereocenters.